The average Bonchev–Trinajstić information content (AvgIpc) is 3.39. The van der Waals surface area contributed by atoms with E-state index < -0.39 is 15.9 Å². The van der Waals surface area contributed by atoms with E-state index in [1.165, 1.54) is 11.3 Å². The molecule has 0 aliphatic carbocycles. The number of aromatic nitrogens is 1. The van der Waals surface area contributed by atoms with Crippen molar-refractivity contribution < 1.29 is 18.0 Å². The molecule has 3 amide bonds. The van der Waals surface area contributed by atoms with E-state index >= 15 is 0 Å². The number of hydrogen-bond donors (Lipinski definition) is 3. The minimum absolute atomic E-state index is 0.0474. The zero-order valence-corrected chi connectivity index (χ0v) is 23.6. The normalized spacial score (nSPS) is 11.2. The molecule has 3 aromatic carbocycles. The summed E-state index contributed by atoms with van der Waals surface area (Å²) >= 11 is 1.27. The Labute approximate surface area is 238 Å². The molecule has 0 fully saturated rings. The van der Waals surface area contributed by atoms with Gasteiger partial charge in [-0.25, -0.2) is 18.2 Å². The standard InChI is InChI=1S/C29H31N5O4S2/c1-40(37,38)33-24-14-12-23(13-15-24)26-20-39-28(31-26)32-29(36)34(19-17-27(30)35)18-16-25(21-8-4-2-5-9-21)22-10-6-3-7-11-22/h2-15,20,25,33H,16-19H2,1H3,(H2,30,35)(H,31,32,36). The number of sulfonamides is 1. The Bertz CT molecular complexity index is 1490. The average molecular weight is 578 g/mol. The fourth-order valence-corrected chi connectivity index (χ4v) is 5.57. The first-order valence-corrected chi connectivity index (χ1v) is 15.4. The van der Waals surface area contributed by atoms with E-state index in [4.69, 9.17) is 5.73 Å². The second-order valence-corrected chi connectivity index (χ2v) is 11.9. The second kappa shape index (κ2) is 13.2. The summed E-state index contributed by atoms with van der Waals surface area (Å²) in [5, 5.41) is 5.07. The molecule has 0 aliphatic rings. The van der Waals surface area contributed by atoms with Crippen LogP contribution in [0.3, 0.4) is 0 Å². The Kier molecular flexibility index (Phi) is 9.52. The lowest BCUT2D eigenvalue weighted by Crippen LogP contribution is -2.38. The highest BCUT2D eigenvalue weighted by Crippen LogP contribution is 2.29. The first kappa shape index (κ1) is 28.8. The van der Waals surface area contributed by atoms with Gasteiger partial charge in [0, 0.05) is 42.1 Å². The number of primary amides is 1. The van der Waals surface area contributed by atoms with Gasteiger partial charge in [0.25, 0.3) is 0 Å². The number of urea groups is 1. The number of thiazole rings is 1. The number of anilines is 2. The lowest BCUT2D eigenvalue weighted by atomic mass is 9.88. The quantitative estimate of drug-likeness (QED) is 0.215. The van der Waals surface area contributed by atoms with Crippen LogP contribution in [0.15, 0.2) is 90.3 Å². The number of benzene rings is 3. The van der Waals surface area contributed by atoms with E-state index in [-0.39, 0.29) is 24.9 Å². The van der Waals surface area contributed by atoms with Crippen LogP contribution in [0.4, 0.5) is 15.6 Å². The van der Waals surface area contributed by atoms with Crippen LogP contribution in [0.1, 0.15) is 29.9 Å². The van der Waals surface area contributed by atoms with E-state index in [0.29, 0.717) is 29.5 Å². The van der Waals surface area contributed by atoms with Gasteiger partial charge < -0.3 is 10.6 Å². The van der Waals surface area contributed by atoms with Gasteiger partial charge in [-0.05, 0) is 29.7 Å². The summed E-state index contributed by atoms with van der Waals surface area (Å²) in [6.45, 7) is 0.588. The fraction of sp³-hybridized carbons (Fsp3) is 0.207. The van der Waals surface area contributed by atoms with Crippen molar-refractivity contribution in [2.24, 2.45) is 5.73 Å². The van der Waals surface area contributed by atoms with Gasteiger partial charge in [-0.15, -0.1) is 11.3 Å². The molecule has 208 valence electrons. The highest BCUT2D eigenvalue weighted by molar-refractivity contribution is 7.92. The van der Waals surface area contributed by atoms with Gasteiger partial charge in [-0.1, -0.05) is 72.8 Å². The summed E-state index contributed by atoms with van der Waals surface area (Å²) < 4.78 is 25.3. The molecule has 0 spiro atoms. The fourth-order valence-electron chi connectivity index (χ4n) is 4.30. The summed E-state index contributed by atoms with van der Waals surface area (Å²) in [6.07, 6.45) is 1.79. The molecule has 1 aromatic heterocycles. The van der Waals surface area contributed by atoms with Gasteiger partial charge in [0.15, 0.2) is 5.13 Å². The third-order valence-corrected chi connectivity index (χ3v) is 7.57. The number of nitrogens with one attached hydrogen (secondary N) is 2. The van der Waals surface area contributed by atoms with Gasteiger partial charge >= 0.3 is 6.03 Å². The highest BCUT2D eigenvalue weighted by atomic mass is 32.2. The van der Waals surface area contributed by atoms with Gasteiger partial charge in [0.05, 0.1) is 11.9 Å². The van der Waals surface area contributed by atoms with E-state index in [1.807, 2.05) is 41.8 Å². The molecule has 0 saturated heterocycles. The number of nitrogens with two attached hydrogens (primary N) is 1. The Morgan fingerprint density at radius 3 is 2.08 bits per heavy atom. The maximum atomic E-state index is 13.3. The zero-order valence-electron chi connectivity index (χ0n) is 22.0. The molecule has 0 radical (unpaired) electrons. The number of nitrogens with zero attached hydrogens (tertiary/aromatic N) is 2. The van der Waals surface area contributed by atoms with Crippen LogP contribution >= 0.6 is 11.3 Å². The lowest BCUT2D eigenvalue weighted by Gasteiger charge is -2.25. The van der Waals surface area contributed by atoms with Gasteiger partial charge in [-0.3, -0.25) is 14.8 Å². The van der Waals surface area contributed by atoms with Crippen LogP contribution in [-0.4, -0.2) is 49.6 Å². The summed E-state index contributed by atoms with van der Waals surface area (Å²) in [5.41, 5.74) is 9.55. The molecule has 4 N–H and O–H groups in total. The number of hydrogen-bond acceptors (Lipinski definition) is 6. The summed E-state index contributed by atoms with van der Waals surface area (Å²) in [5.74, 6) is -0.413. The van der Waals surface area contributed by atoms with Crippen LogP contribution in [0.25, 0.3) is 11.3 Å². The predicted molar refractivity (Wildman–Crippen MR) is 160 cm³/mol. The number of carbonyl (C=O) groups excluding carboxylic acids is 2. The molecular formula is C29H31N5O4S2. The molecule has 0 atom stereocenters. The van der Waals surface area contributed by atoms with Crippen molar-refractivity contribution in [3.8, 4) is 11.3 Å². The van der Waals surface area contributed by atoms with Crippen LogP contribution in [0.5, 0.6) is 0 Å². The van der Waals surface area contributed by atoms with Crippen molar-refractivity contribution in [1.29, 1.82) is 0 Å². The molecule has 0 aliphatic heterocycles. The van der Waals surface area contributed by atoms with E-state index in [9.17, 15) is 18.0 Å². The third-order valence-electron chi connectivity index (χ3n) is 6.21. The number of carbonyl (C=O) groups is 2. The Morgan fingerprint density at radius 1 is 0.925 bits per heavy atom. The van der Waals surface area contributed by atoms with Crippen molar-refractivity contribution in [3.63, 3.8) is 0 Å². The smallest absolute Gasteiger partial charge is 0.323 e. The van der Waals surface area contributed by atoms with Crippen LogP contribution in [0, 0.1) is 0 Å². The Morgan fingerprint density at radius 2 is 1.52 bits per heavy atom. The SMILES string of the molecule is CS(=O)(=O)Nc1ccc(-c2csc(NC(=O)N(CCC(N)=O)CCC(c3ccccc3)c3ccccc3)n2)cc1. The van der Waals surface area contributed by atoms with Gasteiger partial charge in [-0.2, -0.15) is 0 Å². The monoisotopic (exact) mass is 577 g/mol. The van der Waals surface area contributed by atoms with Crippen LogP contribution < -0.4 is 15.8 Å². The van der Waals surface area contributed by atoms with E-state index in [0.717, 1.165) is 22.9 Å². The van der Waals surface area contributed by atoms with Crippen molar-refractivity contribution in [3.05, 3.63) is 101 Å². The van der Waals surface area contributed by atoms with Crippen LogP contribution in [0.2, 0.25) is 0 Å². The van der Waals surface area contributed by atoms with Gasteiger partial charge in [0.2, 0.25) is 15.9 Å². The molecule has 1 heterocycles. The maximum absolute atomic E-state index is 13.3. The van der Waals surface area contributed by atoms with E-state index in [1.54, 1.807) is 29.2 Å². The Hall–Kier alpha value is -4.22. The molecule has 9 nitrogen and oxygen atoms in total. The molecule has 0 bridgehead atoms. The molecular weight excluding hydrogens is 546 g/mol. The summed E-state index contributed by atoms with van der Waals surface area (Å²) in [7, 11) is -3.37. The first-order chi connectivity index (χ1) is 19.2. The topological polar surface area (TPSA) is 134 Å². The molecule has 11 heteroatoms. The number of rotatable bonds is 12. The lowest BCUT2D eigenvalue weighted by molar-refractivity contribution is -0.118. The zero-order chi connectivity index (χ0) is 28.5. The predicted octanol–water partition coefficient (Wildman–Crippen LogP) is 5.11. The Balaban J connectivity index is 1.46. The highest BCUT2D eigenvalue weighted by Gasteiger charge is 2.20. The van der Waals surface area contributed by atoms with Crippen molar-refractivity contribution in [2.45, 2.75) is 18.8 Å². The minimum Gasteiger partial charge on any atom is -0.370 e. The largest absolute Gasteiger partial charge is 0.370 e. The molecule has 40 heavy (non-hydrogen) atoms. The molecule has 0 saturated carbocycles. The minimum atomic E-state index is -3.37. The second-order valence-electron chi connectivity index (χ2n) is 9.29. The third kappa shape index (κ3) is 8.39. The summed E-state index contributed by atoms with van der Waals surface area (Å²) in [6, 6.07) is 26.7. The number of amides is 3. The molecule has 4 aromatic rings. The summed E-state index contributed by atoms with van der Waals surface area (Å²) in [4.78, 5) is 31.0. The van der Waals surface area contributed by atoms with Crippen molar-refractivity contribution in [2.75, 3.05) is 29.4 Å². The van der Waals surface area contributed by atoms with Crippen molar-refractivity contribution in [1.82, 2.24) is 9.88 Å². The maximum Gasteiger partial charge on any atom is 0.323 e. The van der Waals surface area contributed by atoms with E-state index in [2.05, 4.69) is 39.3 Å². The van der Waals surface area contributed by atoms with Gasteiger partial charge in [0.1, 0.15) is 0 Å². The van der Waals surface area contributed by atoms with Crippen molar-refractivity contribution >= 4 is 44.1 Å². The molecule has 0 unspecified atom stereocenters. The first-order valence-electron chi connectivity index (χ1n) is 12.7. The molecule has 4 rings (SSSR count). The van der Waals surface area contributed by atoms with Crippen LogP contribution in [-0.2, 0) is 14.8 Å².